The summed E-state index contributed by atoms with van der Waals surface area (Å²) < 4.78 is 44.9. The van der Waals surface area contributed by atoms with E-state index in [-0.39, 0.29) is 11.1 Å². The number of aromatic nitrogens is 1. The highest BCUT2D eigenvalue weighted by atomic mass is 32.2. The molecule has 4 rings (SSSR count). The first-order valence-electron chi connectivity index (χ1n) is 8.95. The predicted octanol–water partition coefficient (Wildman–Crippen LogP) is 2.48. The Bertz CT molecular complexity index is 862. The standard InChI is InChI=1S/C18H22FN3O3S/c19-15-4-2-14(3-5-15)18-12-16(25-20-18)13-21-8-1-9-22(11-10-21)26(23,24)17-6-7-17/h2-5,12,17H,1,6-11,13H2. The van der Waals surface area contributed by atoms with E-state index in [0.717, 1.165) is 37.1 Å². The van der Waals surface area contributed by atoms with E-state index in [1.54, 1.807) is 16.4 Å². The highest BCUT2D eigenvalue weighted by Crippen LogP contribution is 2.31. The number of nitrogens with zero attached hydrogens (tertiary/aromatic N) is 3. The Labute approximate surface area is 152 Å². The molecule has 0 amide bonds. The van der Waals surface area contributed by atoms with Crippen LogP contribution in [0, 0.1) is 5.82 Å². The maximum Gasteiger partial charge on any atom is 0.217 e. The van der Waals surface area contributed by atoms with E-state index in [1.165, 1.54) is 12.1 Å². The smallest absolute Gasteiger partial charge is 0.217 e. The van der Waals surface area contributed by atoms with Crippen LogP contribution in [0.5, 0.6) is 0 Å². The summed E-state index contributed by atoms with van der Waals surface area (Å²) in [5.74, 6) is 0.440. The Hall–Kier alpha value is -1.77. The molecule has 0 bridgehead atoms. The second kappa shape index (κ2) is 7.09. The van der Waals surface area contributed by atoms with Crippen LogP contribution >= 0.6 is 0 Å². The minimum Gasteiger partial charge on any atom is -0.359 e. The van der Waals surface area contributed by atoms with Gasteiger partial charge < -0.3 is 4.52 Å². The van der Waals surface area contributed by atoms with Gasteiger partial charge in [0.25, 0.3) is 0 Å². The van der Waals surface area contributed by atoms with E-state index in [4.69, 9.17) is 4.52 Å². The summed E-state index contributed by atoms with van der Waals surface area (Å²) in [4.78, 5) is 2.19. The molecule has 2 heterocycles. The first-order valence-corrected chi connectivity index (χ1v) is 10.5. The third-order valence-electron chi connectivity index (χ3n) is 4.93. The maximum atomic E-state index is 13.0. The fourth-order valence-corrected chi connectivity index (χ4v) is 5.17. The molecule has 8 heteroatoms. The Kier molecular flexibility index (Phi) is 4.81. The van der Waals surface area contributed by atoms with Gasteiger partial charge >= 0.3 is 0 Å². The summed E-state index contributed by atoms with van der Waals surface area (Å²) >= 11 is 0. The zero-order valence-corrected chi connectivity index (χ0v) is 15.3. The third-order valence-corrected chi connectivity index (χ3v) is 7.33. The molecule has 0 spiro atoms. The fourth-order valence-electron chi connectivity index (χ4n) is 3.30. The lowest BCUT2D eigenvalue weighted by molar-refractivity contribution is 0.241. The van der Waals surface area contributed by atoms with Crippen molar-refractivity contribution in [1.82, 2.24) is 14.4 Å². The Morgan fingerprint density at radius 3 is 2.62 bits per heavy atom. The lowest BCUT2D eigenvalue weighted by Gasteiger charge is -2.20. The van der Waals surface area contributed by atoms with Crippen LogP contribution < -0.4 is 0 Å². The molecule has 1 aromatic heterocycles. The summed E-state index contributed by atoms with van der Waals surface area (Å²) in [6.45, 7) is 3.21. The van der Waals surface area contributed by atoms with E-state index >= 15 is 0 Å². The molecule has 1 aliphatic carbocycles. The van der Waals surface area contributed by atoms with Gasteiger partial charge in [0.1, 0.15) is 11.5 Å². The van der Waals surface area contributed by atoms with Crippen molar-refractivity contribution in [2.45, 2.75) is 31.1 Å². The monoisotopic (exact) mass is 379 g/mol. The number of benzene rings is 1. The zero-order chi connectivity index (χ0) is 18.1. The van der Waals surface area contributed by atoms with Crippen molar-refractivity contribution in [3.05, 3.63) is 41.9 Å². The first kappa shape index (κ1) is 17.6. The van der Waals surface area contributed by atoms with Gasteiger partial charge in [0.15, 0.2) is 5.76 Å². The van der Waals surface area contributed by atoms with E-state index < -0.39 is 10.0 Å². The van der Waals surface area contributed by atoms with Crippen LogP contribution in [0.3, 0.4) is 0 Å². The molecule has 0 atom stereocenters. The van der Waals surface area contributed by atoms with E-state index in [9.17, 15) is 12.8 Å². The molecule has 0 unspecified atom stereocenters. The number of halogens is 1. The molecule has 2 aromatic rings. The molecule has 6 nitrogen and oxygen atoms in total. The van der Waals surface area contributed by atoms with Crippen molar-refractivity contribution in [1.29, 1.82) is 0 Å². The highest BCUT2D eigenvalue weighted by Gasteiger charge is 2.40. The zero-order valence-electron chi connectivity index (χ0n) is 14.5. The van der Waals surface area contributed by atoms with E-state index in [2.05, 4.69) is 10.1 Å². The van der Waals surface area contributed by atoms with Crippen molar-refractivity contribution in [3.63, 3.8) is 0 Å². The minimum absolute atomic E-state index is 0.151. The van der Waals surface area contributed by atoms with Crippen LogP contribution in [-0.2, 0) is 16.6 Å². The second-order valence-corrected chi connectivity index (χ2v) is 9.17. The largest absolute Gasteiger partial charge is 0.359 e. The van der Waals surface area contributed by atoms with Crippen LogP contribution in [-0.4, -0.2) is 54.2 Å². The fraction of sp³-hybridized carbons (Fsp3) is 0.500. The SMILES string of the molecule is O=S(=O)(C1CC1)N1CCCN(Cc2cc(-c3ccc(F)cc3)no2)CC1. The Morgan fingerprint density at radius 1 is 1.12 bits per heavy atom. The lowest BCUT2D eigenvalue weighted by Crippen LogP contribution is -2.37. The maximum absolute atomic E-state index is 13.0. The molecule has 1 saturated heterocycles. The molecule has 2 fully saturated rings. The Balaban J connectivity index is 1.38. The summed E-state index contributed by atoms with van der Waals surface area (Å²) in [6, 6.07) is 7.99. The van der Waals surface area contributed by atoms with E-state index in [1.807, 2.05) is 6.07 Å². The van der Waals surface area contributed by atoms with Crippen LogP contribution in [0.4, 0.5) is 4.39 Å². The molecule has 0 N–H and O–H groups in total. The molecule has 0 radical (unpaired) electrons. The second-order valence-electron chi connectivity index (χ2n) is 6.96. The van der Waals surface area contributed by atoms with Gasteiger partial charge in [-0.05, 0) is 50.1 Å². The average molecular weight is 379 g/mol. The third kappa shape index (κ3) is 3.82. The van der Waals surface area contributed by atoms with Gasteiger partial charge in [-0.25, -0.2) is 17.1 Å². The van der Waals surface area contributed by atoms with Crippen molar-refractivity contribution < 1.29 is 17.3 Å². The van der Waals surface area contributed by atoms with Crippen LogP contribution in [0.2, 0.25) is 0 Å². The highest BCUT2D eigenvalue weighted by molar-refractivity contribution is 7.90. The predicted molar refractivity (Wildman–Crippen MR) is 95.3 cm³/mol. The molecular weight excluding hydrogens is 357 g/mol. The summed E-state index contributed by atoms with van der Waals surface area (Å²) in [6.07, 6.45) is 2.41. The minimum atomic E-state index is -3.10. The summed E-state index contributed by atoms with van der Waals surface area (Å²) in [7, 11) is -3.10. The van der Waals surface area contributed by atoms with Gasteiger partial charge in [-0.2, -0.15) is 0 Å². The topological polar surface area (TPSA) is 66.7 Å². The molecule has 26 heavy (non-hydrogen) atoms. The quantitative estimate of drug-likeness (QED) is 0.798. The van der Waals surface area contributed by atoms with Gasteiger partial charge in [-0.15, -0.1) is 0 Å². The first-order chi connectivity index (χ1) is 12.5. The van der Waals surface area contributed by atoms with Gasteiger partial charge in [0.05, 0.1) is 11.8 Å². The van der Waals surface area contributed by atoms with Crippen LogP contribution in [0.25, 0.3) is 11.3 Å². The van der Waals surface area contributed by atoms with Gasteiger partial charge in [0, 0.05) is 31.3 Å². The molecule has 2 aliphatic rings. The number of rotatable bonds is 5. The molecule has 1 aliphatic heterocycles. The normalized spacial score (nSPS) is 20.2. The molecule has 1 aromatic carbocycles. The summed E-state index contributed by atoms with van der Waals surface area (Å²) in [5, 5.41) is 3.91. The van der Waals surface area contributed by atoms with Gasteiger partial charge in [-0.3, -0.25) is 4.90 Å². The van der Waals surface area contributed by atoms with Gasteiger partial charge in [-0.1, -0.05) is 5.16 Å². The van der Waals surface area contributed by atoms with Crippen LogP contribution in [0.1, 0.15) is 25.0 Å². The van der Waals surface area contributed by atoms with Crippen LogP contribution in [0.15, 0.2) is 34.9 Å². The van der Waals surface area contributed by atoms with Crippen molar-refractivity contribution in [3.8, 4) is 11.3 Å². The molecular formula is C18H22FN3O3S. The lowest BCUT2D eigenvalue weighted by atomic mass is 10.1. The number of sulfonamides is 1. The van der Waals surface area contributed by atoms with Crippen molar-refractivity contribution in [2.75, 3.05) is 26.2 Å². The van der Waals surface area contributed by atoms with Gasteiger partial charge in [0.2, 0.25) is 10.0 Å². The summed E-state index contributed by atoms with van der Waals surface area (Å²) in [5.41, 5.74) is 1.48. The Morgan fingerprint density at radius 2 is 1.88 bits per heavy atom. The number of hydrogen-bond donors (Lipinski definition) is 0. The van der Waals surface area contributed by atoms with Crippen molar-refractivity contribution >= 4 is 10.0 Å². The molecule has 1 saturated carbocycles. The molecule has 140 valence electrons. The van der Waals surface area contributed by atoms with E-state index in [0.29, 0.717) is 31.9 Å². The van der Waals surface area contributed by atoms with Crippen molar-refractivity contribution in [2.24, 2.45) is 0 Å². The average Bonchev–Trinajstić information content (AvgIpc) is 3.41. The number of hydrogen-bond acceptors (Lipinski definition) is 5.